The average Bonchev–Trinajstić information content (AvgIpc) is 2.82. The first-order chi connectivity index (χ1) is 9.92. The molecule has 2 rings (SSSR count). The maximum atomic E-state index is 13.5. The molecule has 2 unspecified atom stereocenters. The minimum atomic E-state index is -3.68. The monoisotopic (exact) mass is 314 g/mol. The Morgan fingerprint density at radius 2 is 2.10 bits per heavy atom. The molecule has 2 N–H and O–H groups in total. The lowest BCUT2D eigenvalue weighted by Gasteiger charge is -2.16. The molecule has 0 aliphatic heterocycles. The molecule has 0 saturated heterocycles. The van der Waals surface area contributed by atoms with Crippen LogP contribution < -0.4 is 10.0 Å². The molecule has 1 aromatic rings. The third-order valence-corrected chi connectivity index (χ3v) is 5.50. The molecular weight excluding hydrogens is 291 g/mol. The maximum Gasteiger partial charge on any atom is 0.241 e. The average molecular weight is 314 g/mol. The van der Waals surface area contributed by atoms with Crippen LogP contribution in [-0.2, 0) is 16.6 Å². The fourth-order valence-electron chi connectivity index (χ4n) is 2.78. The molecule has 0 bridgehead atoms. The van der Waals surface area contributed by atoms with Crippen LogP contribution in [0.2, 0.25) is 0 Å². The summed E-state index contributed by atoms with van der Waals surface area (Å²) in [5.41, 5.74) is 0.594. The first-order valence-corrected chi connectivity index (χ1v) is 8.92. The van der Waals surface area contributed by atoms with Gasteiger partial charge < -0.3 is 5.32 Å². The van der Waals surface area contributed by atoms with E-state index >= 15 is 0 Å². The fraction of sp³-hybridized carbons (Fsp3) is 0.600. The Hall–Kier alpha value is -0.980. The molecule has 6 heteroatoms. The van der Waals surface area contributed by atoms with Crippen LogP contribution in [0, 0.1) is 11.7 Å². The Morgan fingerprint density at radius 3 is 2.71 bits per heavy atom. The number of rotatable bonds is 6. The van der Waals surface area contributed by atoms with Gasteiger partial charge in [-0.05, 0) is 49.4 Å². The van der Waals surface area contributed by atoms with E-state index in [1.807, 2.05) is 6.92 Å². The second kappa shape index (κ2) is 6.85. The predicted molar refractivity (Wildman–Crippen MR) is 80.9 cm³/mol. The lowest BCUT2D eigenvalue weighted by atomic mass is 10.1. The molecule has 2 atom stereocenters. The summed E-state index contributed by atoms with van der Waals surface area (Å²) in [6, 6.07) is 3.89. The van der Waals surface area contributed by atoms with Crippen LogP contribution in [-0.4, -0.2) is 21.0 Å². The van der Waals surface area contributed by atoms with Gasteiger partial charge in [-0.25, -0.2) is 17.5 Å². The van der Waals surface area contributed by atoms with Crippen molar-refractivity contribution in [1.29, 1.82) is 0 Å². The Labute approximate surface area is 126 Å². The van der Waals surface area contributed by atoms with E-state index in [1.165, 1.54) is 12.1 Å². The number of sulfonamides is 1. The van der Waals surface area contributed by atoms with E-state index in [2.05, 4.69) is 17.0 Å². The van der Waals surface area contributed by atoms with Crippen molar-refractivity contribution in [1.82, 2.24) is 10.0 Å². The van der Waals surface area contributed by atoms with Gasteiger partial charge in [-0.15, -0.1) is 0 Å². The van der Waals surface area contributed by atoms with Gasteiger partial charge in [0.05, 0.1) is 4.90 Å². The zero-order chi connectivity index (χ0) is 15.5. The first-order valence-electron chi connectivity index (χ1n) is 7.44. The van der Waals surface area contributed by atoms with E-state index in [4.69, 9.17) is 0 Å². The van der Waals surface area contributed by atoms with Crippen LogP contribution in [0.25, 0.3) is 0 Å². The van der Waals surface area contributed by atoms with E-state index in [9.17, 15) is 12.8 Å². The van der Waals surface area contributed by atoms with Crippen molar-refractivity contribution in [3.63, 3.8) is 0 Å². The highest BCUT2D eigenvalue weighted by Gasteiger charge is 2.28. The third kappa shape index (κ3) is 4.25. The molecule has 4 nitrogen and oxygen atoms in total. The zero-order valence-corrected chi connectivity index (χ0v) is 13.3. The van der Waals surface area contributed by atoms with Gasteiger partial charge in [-0.1, -0.05) is 19.9 Å². The van der Waals surface area contributed by atoms with E-state index in [-0.39, 0.29) is 10.9 Å². The lowest BCUT2D eigenvalue weighted by Crippen LogP contribution is -2.34. The Balaban J connectivity index is 2.23. The molecule has 0 amide bonds. The lowest BCUT2D eigenvalue weighted by molar-refractivity contribution is 0.535. The molecule has 0 spiro atoms. The van der Waals surface area contributed by atoms with E-state index in [1.54, 1.807) is 0 Å². The van der Waals surface area contributed by atoms with Gasteiger partial charge in [0, 0.05) is 12.6 Å². The largest absolute Gasteiger partial charge is 0.313 e. The van der Waals surface area contributed by atoms with Crippen LogP contribution >= 0.6 is 0 Å². The van der Waals surface area contributed by atoms with Crippen molar-refractivity contribution < 1.29 is 12.8 Å². The zero-order valence-electron chi connectivity index (χ0n) is 12.5. The molecule has 0 aromatic heterocycles. The molecule has 21 heavy (non-hydrogen) atoms. The minimum absolute atomic E-state index is 0.0414. The van der Waals surface area contributed by atoms with Crippen LogP contribution in [0.3, 0.4) is 0 Å². The summed E-state index contributed by atoms with van der Waals surface area (Å²) in [5, 5.41) is 3.08. The highest BCUT2D eigenvalue weighted by molar-refractivity contribution is 7.89. The first kappa shape index (κ1) is 16.4. The van der Waals surface area contributed by atoms with Crippen molar-refractivity contribution in [3.8, 4) is 0 Å². The number of halogens is 1. The van der Waals surface area contributed by atoms with Crippen molar-refractivity contribution in [2.45, 2.75) is 50.6 Å². The van der Waals surface area contributed by atoms with E-state index < -0.39 is 15.8 Å². The van der Waals surface area contributed by atoms with Gasteiger partial charge in [0.1, 0.15) is 5.82 Å². The Morgan fingerprint density at radius 1 is 1.33 bits per heavy atom. The normalized spacial score (nSPS) is 22.6. The quantitative estimate of drug-likeness (QED) is 0.848. The van der Waals surface area contributed by atoms with Gasteiger partial charge in [0.25, 0.3) is 0 Å². The highest BCUT2D eigenvalue weighted by Crippen LogP contribution is 2.27. The summed E-state index contributed by atoms with van der Waals surface area (Å²) in [6.07, 6.45) is 2.72. The van der Waals surface area contributed by atoms with Crippen LogP contribution in [0.4, 0.5) is 4.39 Å². The van der Waals surface area contributed by atoms with Gasteiger partial charge in [-0.3, -0.25) is 0 Å². The summed E-state index contributed by atoms with van der Waals surface area (Å²) < 4.78 is 41.2. The number of hydrogen-bond donors (Lipinski definition) is 2. The van der Waals surface area contributed by atoms with Crippen molar-refractivity contribution in [3.05, 3.63) is 29.6 Å². The second-order valence-corrected chi connectivity index (χ2v) is 7.45. The van der Waals surface area contributed by atoms with Crippen LogP contribution in [0.5, 0.6) is 0 Å². The van der Waals surface area contributed by atoms with Crippen molar-refractivity contribution in [2.75, 3.05) is 6.54 Å². The Kier molecular flexibility index (Phi) is 5.35. The molecule has 1 aliphatic rings. The molecule has 0 heterocycles. The molecule has 0 radical (unpaired) electrons. The second-order valence-electron chi connectivity index (χ2n) is 5.77. The smallest absolute Gasteiger partial charge is 0.241 e. The number of benzene rings is 1. The van der Waals surface area contributed by atoms with Crippen LogP contribution in [0.1, 0.15) is 38.7 Å². The topological polar surface area (TPSA) is 58.2 Å². The Bertz CT molecular complexity index is 589. The minimum Gasteiger partial charge on any atom is -0.313 e. The van der Waals surface area contributed by atoms with E-state index in [0.717, 1.165) is 31.9 Å². The summed E-state index contributed by atoms with van der Waals surface area (Å²) in [4.78, 5) is 0.0444. The maximum absolute atomic E-state index is 13.5. The fourth-order valence-corrected chi connectivity index (χ4v) is 4.31. The van der Waals surface area contributed by atoms with Gasteiger partial charge >= 0.3 is 0 Å². The molecule has 1 saturated carbocycles. The molecule has 118 valence electrons. The molecular formula is C15H23FN2O2S. The van der Waals surface area contributed by atoms with Gasteiger partial charge in [-0.2, -0.15) is 0 Å². The van der Waals surface area contributed by atoms with Gasteiger partial charge in [0.15, 0.2) is 0 Å². The molecule has 1 aliphatic carbocycles. The summed E-state index contributed by atoms with van der Waals surface area (Å²) >= 11 is 0. The third-order valence-electron chi connectivity index (χ3n) is 3.90. The summed E-state index contributed by atoms with van der Waals surface area (Å²) in [7, 11) is -3.68. The van der Waals surface area contributed by atoms with E-state index in [0.29, 0.717) is 18.0 Å². The number of hydrogen-bond acceptors (Lipinski definition) is 3. The molecule has 1 aromatic carbocycles. The van der Waals surface area contributed by atoms with Crippen LogP contribution in [0.15, 0.2) is 23.1 Å². The molecule has 1 fully saturated rings. The predicted octanol–water partition coefficient (Wildman–Crippen LogP) is 2.40. The standard InChI is InChI=1S/C15H23FN2O2S/c1-3-17-10-12-5-6-13(16)9-15(12)21(19,20)18-14-7-4-11(2)8-14/h5-6,9,11,14,17-18H,3-4,7-8,10H2,1-2H3. The van der Waals surface area contributed by atoms with Gasteiger partial charge in [0.2, 0.25) is 10.0 Å². The highest BCUT2D eigenvalue weighted by atomic mass is 32.2. The summed E-state index contributed by atoms with van der Waals surface area (Å²) in [6.45, 7) is 5.20. The summed E-state index contributed by atoms with van der Waals surface area (Å²) in [5.74, 6) is 0.00171. The van der Waals surface area contributed by atoms with Crippen molar-refractivity contribution in [2.24, 2.45) is 5.92 Å². The number of nitrogens with one attached hydrogen (secondary N) is 2. The van der Waals surface area contributed by atoms with Crippen molar-refractivity contribution >= 4 is 10.0 Å². The SMILES string of the molecule is CCNCc1ccc(F)cc1S(=O)(=O)NC1CCC(C)C1.